The molecule has 4 heteroatoms. The first kappa shape index (κ1) is 17.9. The van der Waals surface area contributed by atoms with Gasteiger partial charge in [-0.05, 0) is 40.7 Å². The van der Waals surface area contributed by atoms with E-state index in [4.69, 9.17) is 4.74 Å². The molecule has 1 aromatic heterocycles. The van der Waals surface area contributed by atoms with Gasteiger partial charge in [0.05, 0.1) is 11.1 Å². The highest BCUT2D eigenvalue weighted by molar-refractivity contribution is 6.18. The van der Waals surface area contributed by atoms with Crippen LogP contribution in [0.25, 0.3) is 10.9 Å². The zero-order valence-electron chi connectivity index (χ0n) is 15.8. The molecule has 0 N–H and O–H groups in total. The second-order valence-corrected chi connectivity index (χ2v) is 7.49. The van der Waals surface area contributed by atoms with Crippen LogP contribution in [0.4, 0.5) is 4.79 Å². The van der Waals surface area contributed by atoms with Crippen LogP contribution in [0.2, 0.25) is 0 Å². The Morgan fingerprint density at radius 1 is 0.923 bits per heavy atom. The maximum Gasteiger partial charge on any atom is 0.419 e. The van der Waals surface area contributed by atoms with E-state index >= 15 is 0 Å². The van der Waals surface area contributed by atoms with E-state index in [1.54, 1.807) is 6.92 Å². The van der Waals surface area contributed by atoms with Crippen molar-refractivity contribution in [1.29, 1.82) is 0 Å². The van der Waals surface area contributed by atoms with E-state index < -0.39 is 11.7 Å². The second kappa shape index (κ2) is 6.45. The van der Waals surface area contributed by atoms with Crippen molar-refractivity contribution in [2.24, 2.45) is 0 Å². The minimum Gasteiger partial charge on any atom is -0.443 e. The third-order valence-corrected chi connectivity index (χ3v) is 4.23. The van der Waals surface area contributed by atoms with Crippen molar-refractivity contribution >= 4 is 22.8 Å². The number of ketones is 1. The highest BCUT2D eigenvalue weighted by atomic mass is 16.6. The summed E-state index contributed by atoms with van der Waals surface area (Å²) >= 11 is 0. The van der Waals surface area contributed by atoms with Gasteiger partial charge < -0.3 is 4.74 Å². The number of aromatic nitrogens is 1. The average Bonchev–Trinajstić information content (AvgIpc) is 2.85. The summed E-state index contributed by atoms with van der Waals surface area (Å²) < 4.78 is 7.03. The molecular formula is C22H23NO3. The molecule has 4 nitrogen and oxygen atoms in total. The van der Waals surface area contributed by atoms with Crippen LogP contribution in [-0.2, 0) is 4.74 Å². The van der Waals surface area contributed by atoms with E-state index in [-0.39, 0.29) is 5.78 Å². The van der Waals surface area contributed by atoms with Crippen molar-refractivity contribution in [3.8, 4) is 0 Å². The zero-order valence-corrected chi connectivity index (χ0v) is 15.8. The van der Waals surface area contributed by atoms with Crippen molar-refractivity contribution in [3.63, 3.8) is 0 Å². The third-order valence-electron chi connectivity index (χ3n) is 4.23. The Hall–Kier alpha value is -2.88. The third kappa shape index (κ3) is 3.27. The van der Waals surface area contributed by atoms with Gasteiger partial charge >= 0.3 is 6.09 Å². The lowest BCUT2D eigenvalue weighted by molar-refractivity contribution is 0.0541. The molecule has 3 aromatic rings. The first-order valence-electron chi connectivity index (χ1n) is 8.64. The van der Waals surface area contributed by atoms with E-state index in [0.29, 0.717) is 22.3 Å². The van der Waals surface area contributed by atoms with Gasteiger partial charge in [-0.3, -0.25) is 4.79 Å². The summed E-state index contributed by atoms with van der Waals surface area (Å²) in [5.41, 5.74) is 2.88. The van der Waals surface area contributed by atoms with Gasteiger partial charge in [0.1, 0.15) is 5.60 Å². The number of hydrogen-bond acceptors (Lipinski definition) is 3. The minimum absolute atomic E-state index is 0.0963. The number of carbonyl (C=O) groups is 2. The van der Waals surface area contributed by atoms with Crippen molar-refractivity contribution in [1.82, 2.24) is 4.57 Å². The number of hydrogen-bond donors (Lipinski definition) is 0. The Kier molecular flexibility index (Phi) is 4.45. The maximum atomic E-state index is 13.1. The number of ether oxygens (including phenoxy) is 1. The Morgan fingerprint density at radius 3 is 2.15 bits per heavy atom. The number of benzene rings is 2. The summed E-state index contributed by atoms with van der Waals surface area (Å²) in [5, 5.41) is 0.751. The van der Waals surface area contributed by atoms with Gasteiger partial charge in [-0.25, -0.2) is 9.36 Å². The normalized spacial score (nSPS) is 11.6. The molecule has 3 rings (SSSR count). The lowest BCUT2D eigenvalue weighted by atomic mass is 10.00. The number of nitrogens with zero attached hydrogens (tertiary/aromatic N) is 1. The highest BCUT2D eigenvalue weighted by Gasteiger charge is 2.26. The first-order chi connectivity index (χ1) is 12.2. The average molecular weight is 349 g/mol. The lowest BCUT2D eigenvalue weighted by Gasteiger charge is -2.20. The van der Waals surface area contributed by atoms with Gasteiger partial charge in [-0.1, -0.05) is 48.0 Å². The van der Waals surface area contributed by atoms with Crippen molar-refractivity contribution < 1.29 is 14.3 Å². The largest absolute Gasteiger partial charge is 0.443 e. The molecule has 134 valence electrons. The zero-order chi connectivity index (χ0) is 19.1. The van der Waals surface area contributed by atoms with E-state index in [9.17, 15) is 9.59 Å². The number of carbonyl (C=O) groups excluding carboxylic acids is 2. The molecule has 0 saturated heterocycles. The number of fused-ring (bicyclic) bond motifs is 1. The van der Waals surface area contributed by atoms with Crippen LogP contribution in [0.15, 0.2) is 48.5 Å². The van der Waals surface area contributed by atoms with E-state index in [1.165, 1.54) is 4.57 Å². The Morgan fingerprint density at radius 2 is 1.54 bits per heavy atom. The van der Waals surface area contributed by atoms with Gasteiger partial charge in [-0.2, -0.15) is 0 Å². The van der Waals surface area contributed by atoms with Gasteiger partial charge in [0.25, 0.3) is 0 Å². The van der Waals surface area contributed by atoms with Crippen LogP contribution < -0.4 is 0 Å². The van der Waals surface area contributed by atoms with Crippen molar-refractivity contribution in [2.45, 2.75) is 40.2 Å². The lowest BCUT2D eigenvalue weighted by Crippen LogP contribution is -2.27. The van der Waals surface area contributed by atoms with E-state index in [2.05, 4.69) is 0 Å². The summed E-state index contributed by atoms with van der Waals surface area (Å²) in [6.07, 6.45) is -0.478. The van der Waals surface area contributed by atoms with Crippen LogP contribution in [0, 0.1) is 13.8 Å². The topological polar surface area (TPSA) is 48.3 Å². The predicted octanol–water partition coefficient (Wildman–Crippen LogP) is 5.27. The van der Waals surface area contributed by atoms with Gasteiger partial charge in [0, 0.05) is 16.6 Å². The van der Waals surface area contributed by atoms with Gasteiger partial charge in [0.15, 0.2) is 5.78 Å². The molecule has 0 unspecified atom stereocenters. The SMILES string of the molecule is Cc1ccc(C(=O)c2c(C)n(C(=O)OC(C)(C)C)c3ccccc23)cc1. The number of para-hydroxylation sites is 1. The fourth-order valence-corrected chi connectivity index (χ4v) is 3.05. The molecule has 0 aliphatic carbocycles. The van der Waals surface area contributed by atoms with Crippen LogP contribution in [0.3, 0.4) is 0 Å². The molecule has 0 aliphatic rings. The molecule has 0 aliphatic heterocycles. The predicted molar refractivity (Wildman–Crippen MR) is 103 cm³/mol. The first-order valence-corrected chi connectivity index (χ1v) is 8.64. The van der Waals surface area contributed by atoms with E-state index in [0.717, 1.165) is 10.9 Å². The molecule has 0 atom stereocenters. The molecule has 0 radical (unpaired) electrons. The molecule has 0 fully saturated rings. The Bertz CT molecular complexity index is 989. The monoisotopic (exact) mass is 349 g/mol. The molecule has 2 aromatic carbocycles. The highest BCUT2D eigenvalue weighted by Crippen LogP contribution is 2.29. The van der Waals surface area contributed by atoms with Crippen LogP contribution in [0.1, 0.15) is 48.0 Å². The fourth-order valence-electron chi connectivity index (χ4n) is 3.05. The molecule has 0 bridgehead atoms. The molecule has 1 heterocycles. The smallest absolute Gasteiger partial charge is 0.419 e. The second-order valence-electron chi connectivity index (χ2n) is 7.49. The summed E-state index contributed by atoms with van der Waals surface area (Å²) in [6.45, 7) is 9.23. The Balaban J connectivity index is 2.18. The minimum atomic E-state index is -0.615. The molecule has 26 heavy (non-hydrogen) atoms. The fraction of sp³-hybridized carbons (Fsp3) is 0.273. The molecule has 0 spiro atoms. The quantitative estimate of drug-likeness (QED) is 0.592. The molecule has 0 amide bonds. The Labute approximate surface area is 153 Å². The van der Waals surface area contributed by atoms with Crippen molar-refractivity contribution in [3.05, 3.63) is 70.9 Å². The molecular weight excluding hydrogens is 326 g/mol. The number of aryl methyl sites for hydroxylation is 1. The maximum absolute atomic E-state index is 13.1. The summed E-state index contributed by atoms with van der Waals surface area (Å²) in [4.78, 5) is 25.9. The standard InChI is InChI=1S/C22H23NO3/c1-14-10-12-16(13-11-14)20(24)19-15(2)23(21(25)26-22(3,4)5)18-9-7-6-8-17(18)19/h6-13H,1-5H3. The van der Waals surface area contributed by atoms with Crippen LogP contribution in [0.5, 0.6) is 0 Å². The summed E-state index contributed by atoms with van der Waals surface area (Å²) in [5.74, 6) is -0.0963. The van der Waals surface area contributed by atoms with E-state index in [1.807, 2.05) is 76.2 Å². The van der Waals surface area contributed by atoms with Crippen molar-refractivity contribution in [2.75, 3.05) is 0 Å². The molecule has 0 saturated carbocycles. The van der Waals surface area contributed by atoms with Crippen LogP contribution >= 0.6 is 0 Å². The van der Waals surface area contributed by atoms with Gasteiger partial charge in [0.2, 0.25) is 0 Å². The summed E-state index contributed by atoms with van der Waals surface area (Å²) in [6, 6.07) is 14.9. The van der Waals surface area contributed by atoms with Gasteiger partial charge in [-0.15, -0.1) is 0 Å². The van der Waals surface area contributed by atoms with Crippen LogP contribution in [-0.4, -0.2) is 22.0 Å². The number of rotatable bonds is 2. The summed E-state index contributed by atoms with van der Waals surface area (Å²) in [7, 11) is 0.